The molecule has 140 valence electrons. The Morgan fingerprint density at radius 1 is 1.07 bits per heavy atom. The fourth-order valence-electron chi connectivity index (χ4n) is 2.76. The quantitative estimate of drug-likeness (QED) is 0.435. The van der Waals surface area contributed by atoms with Crippen molar-refractivity contribution < 1.29 is 13.6 Å². The van der Waals surface area contributed by atoms with Gasteiger partial charge in [0.15, 0.2) is 5.58 Å². The molecule has 0 unspecified atom stereocenters. The van der Waals surface area contributed by atoms with Crippen LogP contribution in [0.4, 0.5) is 10.1 Å². The summed E-state index contributed by atoms with van der Waals surface area (Å²) in [5, 5.41) is 3.37. The summed E-state index contributed by atoms with van der Waals surface area (Å²) < 4.78 is 18.7. The first kappa shape index (κ1) is 18.3. The van der Waals surface area contributed by atoms with E-state index >= 15 is 0 Å². The van der Waals surface area contributed by atoms with Gasteiger partial charge in [0.1, 0.15) is 11.3 Å². The van der Waals surface area contributed by atoms with Crippen LogP contribution in [0.15, 0.2) is 76.4 Å². The van der Waals surface area contributed by atoms with Crippen molar-refractivity contribution in [2.24, 2.45) is 0 Å². The molecule has 4 rings (SSSR count). The molecule has 0 aliphatic rings. The van der Waals surface area contributed by atoms with Gasteiger partial charge in [0.2, 0.25) is 0 Å². The van der Waals surface area contributed by atoms with Gasteiger partial charge in [-0.15, -0.1) is 0 Å². The molecule has 0 spiro atoms. The lowest BCUT2D eigenvalue weighted by atomic mass is 10.1. The molecule has 0 aliphatic heterocycles. The topological polar surface area (TPSA) is 55.1 Å². The van der Waals surface area contributed by atoms with Gasteiger partial charge in [-0.3, -0.25) is 4.79 Å². The summed E-state index contributed by atoms with van der Waals surface area (Å²) in [5.41, 5.74) is 4.91. The number of oxazole rings is 1. The van der Waals surface area contributed by atoms with E-state index in [1.54, 1.807) is 12.1 Å². The Morgan fingerprint density at radius 3 is 2.54 bits per heavy atom. The largest absolute Gasteiger partial charge is 0.431 e. The molecule has 6 heteroatoms. The summed E-state index contributed by atoms with van der Waals surface area (Å²) in [6.07, 6.45) is 0. The number of rotatable bonds is 5. The van der Waals surface area contributed by atoms with E-state index in [2.05, 4.69) is 10.3 Å². The van der Waals surface area contributed by atoms with Crippen molar-refractivity contribution in [2.75, 3.05) is 5.32 Å². The van der Waals surface area contributed by atoms with Crippen LogP contribution in [0.1, 0.15) is 21.5 Å². The summed E-state index contributed by atoms with van der Waals surface area (Å²) in [4.78, 5) is 16.8. The number of thioether (sulfide) groups is 1. The minimum absolute atomic E-state index is 0.236. The standard InChI is InChI=1S/C22H17FN2O2S/c1-14-3-2-4-19-20(14)25-22(27-19)28-13-15-5-7-16(8-6-15)21(26)24-18-11-9-17(23)10-12-18/h2-12H,13H2,1H3,(H,24,26). The Morgan fingerprint density at radius 2 is 1.82 bits per heavy atom. The van der Waals surface area contributed by atoms with Crippen LogP contribution in [0.3, 0.4) is 0 Å². The van der Waals surface area contributed by atoms with Gasteiger partial charge in [0.05, 0.1) is 0 Å². The molecule has 0 saturated heterocycles. The number of aromatic nitrogens is 1. The number of aryl methyl sites for hydroxylation is 1. The van der Waals surface area contributed by atoms with Crippen molar-refractivity contribution in [1.29, 1.82) is 0 Å². The van der Waals surface area contributed by atoms with Crippen LogP contribution in [0, 0.1) is 12.7 Å². The number of benzene rings is 3. The van der Waals surface area contributed by atoms with Crippen molar-refractivity contribution in [2.45, 2.75) is 17.9 Å². The number of halogens is 1. The monoisotopic (exact) mass is 392 g/mol. The van der Waals surface area contributed by atoms with Gasteiger partial charge < -0.3 is 9.73 Å². The fraction of sp³-hybridized carbons (Fsp3) is 0.0909. The summed E-state index contributed by atoms with van der Waals surface area (Å²) in [7, 11) is 0. The number of carbonyl (C=O) groups is 1. The van der Waals surface area contributed by atoms with E-state index < -0.39 is 0 Å². The summed E-state index contributed by atoms with van der Waals surface area (Å²) >= 11 is 1.51. The third-order valence-corrected chi connectivity index (χ3v) is 5.18. The number of nitrogens with zero attached hydrogens (tertiary/aromatic N) is 1. The number of carbonyl (C=O) groups excluding carboxylic acids is 1. The number of amides is 1. The lowest BCUT2D eigenvalue weighted by Crippen LogP contribution is -2.11. The van der Waals surface area contributed by atoms with E-state index in [4.69, 9.17) is 4.42 Å². The van der Waals surface area contributed by atoms with Crippen LogP contribution in [0.2, 0.25) is 0 Å². The van der Waals surface area contributed by atoms with E-state index in [0.717, 1.165) is 22.2 Å². The average molecular weight is 392 g/mol. The van der Waals surface area contributed by atoms with Gasteiger partial charge in [-0.05, 0) is 60.5 Å². The minimum Gasteiger partial charge on any atom is -0.431 e. The van der Waals surface area contributed by atoms with Gasteiger partial charge in [0.25, 0.3) is 11.1 Å². The third-order valence-electron chi connectivity index (χ3n) is 4.28. The number of hydrogen-bond donors (Lipinski definition) is 1. The SMILES string of the molecule is Cc1cccc2oc(SCc3ccc(C(=O)Nc4ccc(F)cc4)cc3)nc12. The van der Waals surface area contributed by atoms with Gasteiger partial charge in [-0.25, -0.2) is 9.37 Å². The first-order valence-electron chi connectivity index (χ1n) is 8.73. The highest BCUT2D eigenvalue weighted by molar-refractivity contribution is 7.98. The van der Waals surface area contributed by atoms with Gasteiger partial charge >= 0.3 is 0 Å². The fourth-order valence-corrected chi connectivity index (χ4v) is 3.55. The van der Waals surface area contributed by atoms with Crippen molar-refractivity contribution >= 4 is 34.5 Å². The van der Waals surface area contributed by atoms with Gasteiger partial charge in [-0.1, -0.05) is 36.0 Å². The smallest absolute Gasteiger partial charge is 0.257 e. The maximum Gasteiger partial charge on any atom is 0.257 e. The minimum atomic E-state index is -0.339. The molecule has 4 aromatic rings. The Balaban J connectivity index is 1.39. The molecule has 1 N–H and O–H groups in total. The molecule has 0 saturated carbocycles. The summed E-state index contributed by atoms with van der Waals surface area (Å²) in [6.45, 7) is 2.01. The second-order valence-corrected chi connectivity index (χ2v) is 7.27. The zero-order valence-electron chi connectivity index (χ0n) is 15.1. The lowest BCUT2D eigenvalue weighted by Gasteiger charge is -2.06. The molecule has 0 aliphatic carbocycles. The Labute approximate surface area is 165 Å². The molecule has 1 amide bonds. The first-order chi connectivity index (χ1) is 13.6. The first-order valence-corrected chi connectivity index (χ1v) is 9.72. The molecule has 0 fully saturated rings. The average Bonchev–Trinajstić information content (AvgIpc) is 3.13. The number of nitrogens with one attached hydrogen (secondary N) is 1. The number of para-hydroxylation sites is 1. The molecule has 0 bridgehead atoms. The molecule has 1 heterocycles. The molecule has 0 atom stereocenters. The molecular weight excluding hydrogens is 375 g/mol. The van der Waals surface area contributed by atoms with E-state index in [-0.39, 0.29) is 11.7 Å². The lowest BCUT2D eigenvalue weighted by molar-refractivity contribution is 0.102. The number of fused-ring (bicyclic) bond motifs is 1. The van der Waals surface area contributed by atoms with Gasteiger partial charge in [-0.2, -0.15) is 0 Å². The van der Waals surface area contributed by atoms with Crippen molar-refractivity contribution in [3.05, 3.63) is 89.2 Å². The summed E-state index contributed by atoms with van der Waals surface area (Å²) in [6, 6.07) is 18.9. The Kier molecular flexibility index (Phi) is 5.12. The molecule has 1 aromatic heterocycles. The summed E-state index contributed by atoms with van der Waals surface area (Å²) in [5.74, 6) is 0.111. The normalized spacial score (nSPS) is 10.9. The van der Waals surface area contributed by atoms with Crippen LogP contribution in [0.25, 0.3) is 11.1 Å². The zero-order valence-corrected chi connectivity index (χ0v) is 15.9. The van der Waals surface area contributed by atoms with Crippen LogP contribution in [-0.2, 0) is 5.75 Å². The predicted molar refractivity (Wildman–Crippen MR) is 109 cm³/mol. The molecular formula is C22H17FN2O2S. The van der Waals surface area contributed by atoms with Crippen molar-refractivity contribution in [3.8, 4) is 0 Å². The van der Waals surface area contributed by atoms with E-state index in [1.807, 2.05) is 37.3 Å². The molecule has 28 heavy (non-hydrogen) atoms. The van der Waals surface area contributed by atoms with Crippen molar-refractivity contribution in [1.82, 2.24) is 4.98 Å². The van der Waals surface area contributed by atoms with Crippen molar-refractivity contribution in [3.63, 3.8) is 0 Å². The van der Waals surface area contributed by atoms with Crippen LogP contribution >= 0.6 is 11.8 Å². The Bertz CT molecular complexity index is 1120. The highest BCUT2D eigenvalue weighted by Gasteiger charge is 2.10. The third kappa shape index (κ3) is 4.07. The van der Waals surface area contributed by atoms with E-state index in [0.29, 0.717) is 22.2 Å². The highest BCUT2D eigenvalue weighted by Crippen LogP contribution is 2.27. The second-order valence-electron chi connectivity index (χ2n) is 6.35. The Hall–Kier alpha value is -3.12. The maximum atomic E-state index is 12.9. The highest BCUT2D eigenvalue weighted by atomic mass is 32.2. The maximum absolute atomic E-state index is 12.9. The molecule has 3 aromatic carbocycles. The predicted octanol–water partition coefficient (Wildman–Crippen LogP) is 5.82. The van der Waals surface area contributed by atoms with Gasteiger partial charge in [0, 0.05) is 17.0 Å². The molecule has 4 nitrogen and oxygen atoms in total. The van der Waals surface area contributed by atoms with E-state index in [9.17, 15) is 9.18 Å². The zero-order chi connectivity index (χ0) is 19.5. The number of hydrogen-bond acceptors (Lipinski definition) is 4. The van der Waals surface area contributed by atoms with Crippen LogP contribution < -0.4 is 5.32 Å². The number of anilines is 1. The van der Waals surface area contributed by atoms with Crippen LogP contribution in [0.5, 0.6) is 0 Å². The van der Waals surface area contributed by atoms with E-state index in [1.165, 1.54) is 36.0 Å². The molecule has 0 radical (unpaired) electrons. The van der Waals surface area contributed by atoms with Crippen LogP contribution in [-0.4, -0.2) is 10.9 Å². The second kappa shape index (κ2) is 7.86.